The van der Waals surface area contributed by atoms with E-state index in [2.05, 4.69) is 19.2 Å². The monoisotopic (exact) mass is 203 g/mol. The van der Waals surface area contributed by atoms with E-state index >= 15 is 0 Å². The topological polar surface area (TPSA) is 12.0 Å². The van der Waals surface area contributed by atoms with Crippen molar-refractivity contribution < 1.29 is 0 Å². The zero-order chi connectivity index (χ0) is 8.55. The van der Waals surface area contributed by atoms with E-state index in [0.717, 1.165) is 23.8 Å². The quantitative estimate of drug-likeness (QED) is 0.639. The van der Waals surface area contributed by atoms with Crippen molar-refractivity contribution in [3.05, 3.63) is 0 Å². The second-order valence-electron chi connectivity index (χ2n) is 4.82. The first kappa shape index (κ1) is 11.3. The molecule has 2 aliphatic rings. The van der Waals surface area contributed by atoms with E-state index in [4.69, 9.17) is 0 Å². The van der Waals surface area contributed by atoms with Crippen LogP contribution in [0, 0.1) is 17.8 Å². The van der Waals surface area contributed by atoms with E-state index in [-0.39, 0.29) is 12.4 Å². The summed E-state index contributed by atoms with van der Waals surface area (Å²) in [5.74, 6) is 2.88. The number of fused-ring (bicyclic) bond motifs is 1. The third kappa shape index (κ3) is 2.19. The van der Waals surface area contributed by atoms with Gasteiger partial charge in [0.25, 0.3) is 0 Å². The van der Waals surface area contributed by atoms with Gasteiger partial charge in [0.2, 0.25) is 0 Å². The molecule has 0 aromatic rings. The smallest absolute Gasteiger partial charge is 0.0123 e. The number of piperidine rings is 1. The SMILES string of the molecule is C[C@H]1CCN[C@@H]2[C@H]1CCC[C@@H]2C.Cl. The van der Waals surface area contributed by atoms with E-state index < -0.39 is 0 Å². The molecule has 0 radical (unpaired) electrons. The molecule has 0 amide bonds. The van der Waals surface area contributed by atoms with Gasteiger partial charge in [0, 0.05) is 6.04 Å². The minimum Gasteiger partial charge on any atom is -0.313 e. The third-order valence-corrected chi connectivity index (χ3v) is 3.98. The Morgan fingerprint density at radius 1 is 1.00 bits per heavy atom. The van der Waals surface area contributed by atoms with Crippen LogP contribution in [0.3, 0.4) is 0 Å². The molecule has 1 N–H and O–H groups in total. The first-order valence-electron chi connectivity index (χ1n) is 5.52. The molecule has 4 atom stereocenters. The summed E-state index contributed by atoms with van der Waals surface area (Å²) in [4.78, 5) is 0. The van der Waals surface area contributed by atoms with Crippen LogP contribution in [0.4, 0.5) is 0 Å². The Hall–Kier alpha value is 0.250. The lowest BCUT2D eigenvalue weighted by Gasteiger charge is -2.44. The molecule has 1 aliphatic heterocycles. The van der Waals surface area contributed by atoms with Crippen LogP contribution in [-0.4, -0.2) is 12.6 Å². The first-order valence-corrected chi connectivity index (χ1v) is 5.52. The van der Waals surface area contributed by atoms with Gasteiger partial charge in [-0.05, 0) is 43.6 Å². The fourth-order valence-corrected chi connectivity index (χ4v) is 3.14. The van der Waals surface area contributed by atoms with Gasteiger partial charge in [-0.25, -0.2) is 0 Å². The van der Waals surface area contributed by atoms with Crippen molar-refractivity contribution >= 4 is 12.4 Å². The van der Waals surface area contributed by atoms with E-state index in [9.17, 15) is 0 Å². The third-order valence-electron chi connectivity index (χ3n) is 3.98. The maximum absolute atomic E-state index is 3.70. The summed E-state index contributed by atoms with van der Waals surface area (Å²) in [7, 11) is 0. The van der Waals surface area contributed by atoms with Crippen LogP contribution in [0.15, 0.2) is 0 Å². The van der Waals surface area contributed by atoms with Crippen molar-refractivity contribution in [2.75, 3.05) is 6.54 Å². The van der Waals surface area contributed by atoms with Crippen LogP contribution in [0.25, 0.3) is 0 Å². The molecule has 1 heterocycles. The van der Waals surface area contributed by atoms with Gasteiger partial charge < -0.3 is 5.32 Å². The van der Waals surface area contributed by atoms with Crippen LogP contribution in [-0.2, 0) is 0 Å². The Balaban J connectivity index is 0.000000845. The van der Waals surface area contributed by atoms with Crippen molar-refractivity contribution in [3.63, 3.8) is 0 Å². The number of hydrogen-bond acceptors (Lipinski definition) is 1. The molecule has 2 fully saturated rings. The predicted molar refractivity (Wildman–Crippen MR) is 59.3 cm³/mol. The molecule has 0 aromatic carbocycles. The highest BCUT2D eigenvalue weighted by atomic mass is 35.5. The minimum atomic E-state index is 0. The molecule has 1 nitrogen and oxygen atoms in total. The molecule has 13 heavy (non-hydrogen) atoms. The lowest BCUT2D eigenvalue weighted by Crippen LogP contribution is -2.50. The average Bonchev–Trinajstić information content (AvgIpc) is 2.07. The summed E-state index contributed by atoms with van der Waals surface area (Å²) >= 11 is 0. The first-order chi connectivity index (χ1) is 5.79. The highest BCUT2D eigenvalue weighted by molar-refractivity contribution is 5.85. The van der Waals surface area contributed by atoms with Crippen LogP contribution >= 0.6 is 12.4 Å². The molecule has 0 unspecified atom stereocenters. The minimum absolute atomic E-state index is 0. The van der Waals surface area contributed by atoms with E-state index in [1.807, 2.05) is 0 Å². The van der Waals surface area contributed by atoms with Gasteiger partial charge in [0.15, 0.2) is 0 Å². The molecule has 1 saturated carbocycles. The summed E-state index contributed by atoms with van der Waals surface area (Å²) < 4.78 is 0. The number of hydrogen-bond donors (Lipinski definition) is 1. The lowest BCUT2D eigenvalue weighted by molar-refractivity contribution is 0.109. The molecule has 78 valence electrons. The molecule has 2 heteroatoms. The Morgan fingerprint density at radius 3 is 2.46 bits per heavy atom. The van der Waals surface area contributed by atoms with Gasteiger partial charge >= 0.3 is 0 Å². The molecule has 1 saturated heterocycles. The number of rotatable bonds is 0. The molecule has 2 rings (SSSR count). The molecular formula is C11H22ClN. The summed E-state index contributed by atoms with van der Waals surface area (Å²) in [6.45, 7) is 6.12. The number of halogens is 1. The standard InChI is InChI=1S/C11H21N.ClH/c1-8-6-7-12-11-9(2)4-3-5-10(8)11;/h8-12H,3-7H2,1-2H3;1H/t8-,9-,10-,11-;/m0./s1. The van der Waals surface area contributed by atoms with Crippen LogP contribution in [0.1, 0.15) is 39.5 Å². The van der Waals surface area contributed by atoms with Crippen molar-refractivity contribution in [2.24, 2.45) is 17.8 Å². The normalized spacial score (nSPS) is 44.8. The maximum Gasteiger partial charge on any atom is 0.0123 e. The Morgan fingerprint density at radius 2 is 1.77 bits per heavy atom. The summed E-state index contributed by atoms with van der Waals surface area (Å²) in [6.07, 6.45) is 5.78. The van der Waals surface area contributed by atoms with Crippen LogP contribution in [0.2, 0.25) is 0 Å². The van der Waals surface area contributed by atoms with Crippen molar-refractivity contribution in [1.29, 1.82) is 0 Å². The van der Waals surface area contributed by atoms with Gasteiger partial charge in [-0.3, -0.25) is 0 Å². The summed E-state index contributed by atoms with van der Waals surface area (Å²) in [5.41, 5.74) is 0. The summed E-state index contributed by atoms with van der Waals surface area (Å²) in [5, 5.41) is 3.70. The average molecular weight is 204 g/mol. The van der Waals surface area contributed by atoms with Crippen molar-refractivity contribution in [3.8, 4) is 0 Å². The fourth-order valence-electron chi connectivity index (χ4n) is 3.14. The molecule has 1 aliphatic carbocycles. The van der Waals surface area contributed by atoms with E-state index in [1.54, 1.807) is 0 Å². The van der Waals surface area contributed by atoms with E-state index in [1.165, 1.54) is 32.2 Å². The van der Waals surface area contributed by atoms with Gasteiger partial charge in [-0.1, -0.05) is 20.3 Å². The zero-order valence-electron chi connectivity index (χ0n) is 8.75. The predicted octanol–water partition coefficient (Wildman–Crippen LogP) is 2.84. The largest absolute Gasteiger partial charge is 0.313 e. The Kier molecular flexibility index (Phi) is 4.06. The second kappa shape index (κ2) is 4.65. The molecule has 0 aromatic heterocycles. The van der Waals surface area contributed by atoms with E-state index in [0.29, 0.717) is 0 Å². The molecule has 0 spiro atoms. The van der Waals surface area contributed by atoms with Crippen molar-refractivity contribution in [1.82, 2.24) is 5.32 Å². The van der Waals surface area contributed by atoms with Crippen LogP contribution < -0.4 is 5.32 Å². The molecular weight excluding hydrogens is 182 g/mol. The highest BCUT2D eigenvalue weighted by Gasteiger charge is 2.35. The number of nitrogens with one attached hydrogen (secondary N) is 1. The fraction of sp³-hybridized carbons (Fsp3) is 1.00. The molecule has 0 bridgehead atoms. The zero-order valence-corrected chi connectivity index (χ0v) is 9.57. The van der Waals surface area contributed by atoms with Gasteiger partial charge in [0.1, 0.15) is 0 Å². The van der Waals surface area contributed by atoms with Gasteiger partial charge in [-0.2, -0.15) is 0 Å². The maximum atomic E-state index is 3.70. The highest BCUT2D eigenvalue weighted by Crippen LogP contribution is 2.37. The lowest BCUT2D eigenvalue weighted by atomic mass is 9.69. The summed E-state index contributed by atoms with van der Waals surface area (Å²) in [6, 6.07) is 0.850. The van der Waals surface area contributed by atoms with Crippen molar-refractivity contribution in [2.45, 2.75) is 45.6 Å². The van der Waals surface area contributed by atoms with Crippen LogP contribution in [0.5, 0.6) is 0 Å². The van der Waals surface area contributed by atoms with Gasteiger partial charge in [-0.15, -0.1) is 12.4 Å². The Labute approximate surface area is 88.1 Å². The van der Waals surface area contributed by atoms with Gasteiger partial charge in [0.05, 0.1) is 0 Å². The second-order valence-corrected chi connectivity index (χ2v) is 4.82. The Bertz CT molecular complexity index is 142.